The van der Waals surface area contributed by atoms with Crippen LogP contribution in [0.2, 0.25) is 0 Å². The lowest BCUT2D eigenvalue weighted by molar-refractivity contribution is -0.144. The second-order valence-electron chi connectivity index (χ2n) is 4.98. The van der Waals surface area contributed by atoms with Crippen LogP contribution in [0, 0.1) is 0 Å². The molecule has 0 unspecified atom stereocenters. The zero-order valence-corrected chi connectivity index (χ0v) is 12.0. The molecule has 6 nitrogen and oxygen atoms in total. The van der Waals surface area contributed by atoms with E-state index in [4.69, 9.17) is 9.84 Å². The summed E-state index contributed by atoms with van der Waals surface area (Å²) in [5.74, 6) is 0.332. The van der Waals surface area contributed by atoms with Crippen LogP contribution in [0.4, 0.5) is 5.13 Å². The zero-order valence-electron chi connectivity index (χ0n) is 11.2. The summed E-state index contributed by atoms with van der Waals surface area (Å²) in [6.07, 6.45) is 1.72. The molecule has 1 aromatic rings. The highest BCUT2D eigenvalue weighted by molar-refractivity contribution is 7.09. The number of nitrogens with zero attached hydrogens (tertiary/aromatic N) is 3. The molecule has 0 spiro atoms. The quantitative estimate of drug-likeness (QED) is 0.888. The smallest absolute Gasteiger partial charge is 0.329 e. The lowest BCUT2D eigenvalue weighted by atomic mass is 10.1. The van der Waals surface area contributed by atoms with Crippen molar-refractivity contribution in [3.8, 4) is 0 Å². The monoisotopic (exact) mass is 285 g/mol. The van der Waals surface area contributed by atoms with Crippen LogP contribution >= 0.6 is 11.5 Å². The first-order valence-corrected chi connectivity index (χ1v) is 7.25. The van der Waals surface area contributed by atoms with Gasteiger partial charge in [0.2, 0.25) is 5.13 Å². The fourth-order valence-electron chi connectivity index (χ4n) is 1.99. The Balaban J connectivity index is 1.83. The number of piperidine rings is 1. The molecule has 1 N–H and O–H groups in total. The number of carboxylic acid groups (broad SMARTS) is 1. The summed E-state index contributed by atoms with van der Waals surface area (Å²) in [6.45, 7) is 5.64. The average molecular weight is 285 g/mol. The molecule has 1 fully saturated rings. The van der Waals surface area contributed by atoms with E-state index in [1.807, 2.05) is 0 Å². The molecule has 1 aliphatic rings. The van der Waals surface area contributed by atoms with E-state index in [9.17, 15) is 4.79 Å². The summed E-state index contributed by atoms with van der Waals surface area (Å²) < 4.78 is 9.66. The fraction of sp³-hybridized carbons (Fsp3) is 0.750. The molecule has 0 atom stereocenters. The molecular weight excluding hydrogens is 266 g/mol. The number of aliphatic carboxylic acids is 1. The van der Waals surface area contributed by atoms with Gasteiger partial charge in [-0.25, -0.2) is 9.78 Å². The Morgan fingerprint density at radius 2 is 2.21 bits per heavy atom. The average Bonchev–Trinajstić information content (AvgIpc) is 2.86. The summed E-state index contributed by atoms with van der Waals surface area (Å²) >= 11 is 1.43. The molecule has 19 heavy (non-hydrogen) atoms. The fourth-order valence-corrected chi connectivity index (χ4v) is 2.85. The van der Waals surface area contributed by atoms with E-state index in [2.05, 4.69) is 28.1 Å². The van der Waals surface area contributed by atoms with Crippen molar-refractivity contribution >= 4 is 22.6 Å². The van der Waals surface area contributed by atoms with Crippen molar-refractivity contribution in [3.05, 3.63) is 5.82 Å². The number of carboxylic acids is 1. The molecule has 0 saturated carbocycles. The minimum atomic E-state index is -0.909. The predicted molar refractivity (Wildman–Crippen MR) is 72.8 cm³/mol. The van der Waals surface area contributed by atoms with E-state index in [0.717, 1.165) is 36.9 Å². The first-order chi connectivity index (χ1) is 9.06. The molecule has 0 amide bonds. The van der Waals surface area contributed by atoms with Gasteiger partial charge in [0.25, 0.3) is 0 Å². The van der Waals surface area contributed by atoms with Gasteiger partial charge in [-0.1, -0.05) is 13.8 Å². The Morgan fingerprint density at radius 1 is 1.53 bits per heavy atom. The number of hydrogen-bond donors (Lipinski definition) is 1. The van der Waals surface area contributed by atoms with Gasteiger partial charge in [-0.05, 0) is 12.8 Å². The van der Waals surface area contributed by atoms with Gasteiger partial charge in [0.15, 0.2) is 0 Å². The van der Waals surface area contributed by atoms with E-state index < -0.39 is 5.97 Å². The minimum Gasteiger partial charge on any atom is -0.480 e. The maximum absolute atomic E-state index is 10.4. The van der Waals surface area contributed by atoms with Crippen LogP contribution in [0.1, 0.15) is 38.4 Å². The van der Waals surface area contributed by atoms with Crippen LogP contribution in [-0.2, 0) is 9.53 Å². The summed E-state index contributed by atoms with van der Waals surface area (Å²) in [5.41, 5.74) is 0. The predicted octanol–water partition coefficient (Wildman–Crippen LogP) is 1.73. The molecule has 106 valence electrons. The summed E-state index contributed by atoms with van der Waals surface area (Å²) in [6, 6.07) is 0. The van der Waals surface area contributed by atoms with Crippen molar-refractivity contribution in [2.24, 2.45) is 0 Å². The van der Waals surface area contributed by atoms with E-state index in [-0.39, 0.29) is 12.7 Å². The Labute approximate surface area is 116 Å². The Hall–Kier alpha value is -1.21. The third-order valence-corrected chi connectivity index (χ3v) is 3.89. The number of rotatable bonds is 5. The highest BCUT2D eigenvalue weighted by Gasteiger charge is 2.23. The van der Waals surface area contributed by atoms with E-state index >= 15 is 0 Å². The van der Waals surface area contributed by atoms with E-state index in [1.54, 1.807) is 0 Å². The van der Waals surface area contributed by atoms with Crippen molar-refractivity contribution in [2.75, 3.05) is 24.6 Å². The number of carbonyl (C=O) groups is 1. The third-order valence-electron chi connectivity index (χ3n) is 3.10. The van der Waals surface area contributed by atoms with Gasteiger partial charge in [-0.2, -0.15) is 4.37 Å². The van der Waals surface area contributed by atoms with Crippen molar-refractivity contribution in [1.29, 1.82) is 0 Å². The van der Waals surface area contributed by atoms with Crippen LogP contribution in [0.3, 0.4) is 0 Å². The number of hydrogen-bond acceptors (Lipinski definition) is 6. The van der Waals surface area contributed by atoms with Crippen molar-refractivity contribution in [2.45, 2.75) is 38.7 Å². The Bertz CT molecular complexity index is 428. The summed E-state index contributed by atoms with van der Waals surface area (Å²) in [7, 11) is 0. The van der Waals surface area contributed by atoms with Gasteiger partial charge in [-0.3, -0.25) is 0 Å². The molecule has 0 radical (unpaired) electrons. The molecule has 0 aromatic carbocycles. The van der Waals surface area contributed by atoms with Crippen molar-refractivity contribution < 1.29 is 14.6 Å². The molecule has 7 heteroatoms. The summed E-state index contributed by atoms with van der Waals surface area (Å²) in [5, 5.41) is 9.54. The van der Waals surface area contributed by atoms with Gasteiger partial charge in [-0.15, -0.1) is 0 Å². The lowest BCUT2D eigenvalue weighted by Crippen LogP contribution is -2.37. The second kappa shape index (κ2) is 6.29. The zero-order chi connectivity index (χ0) is 13.8. The largest absolute Gasteiger partial charge is 0.480 e. The topological polar surface area (TPSA) is 75.6 Å². The first kappa shape index (κ1) is 14.2. The van der Waals surface area contributed by atoms with Gasteiger partial charge < -0.3 is 14.7 Å². The first-order valence-electron chi connectivity index (χ1n) is 6.48. The van der Waals surface area contributed by atoms with Gasteiger partial charge in [0.1, 0.15) is 12.4 Å². The van der Waals surface area contributed by atoms with Gasteiger partial charge in [0.05, 0.1) is 6.10 Å². The second-order valence-corrected chi connectivity index (χ2v) is 5.71. The van der Waals surface area contributed by atoms with Crippen LogP contribution in [-0.4, -0.2) is 46.2 Å². The Morgan fingerprint density at radius 3 is 2.74 bits per heavy atom. The normalized spacial score (nSPS) is 17.1. The van der Waals surface area contributed by atoms with E-state index in [0.29, 0.717) is 5.92 Å². The van der Waals surface area contributed by atoms with Crippen LogP contribution in [0.25, 0.3) is 0 Å². The van der Waals surface area contributed by atoms with Crippen LogP contribution in [0.5, 0.6) is 0 Å². The minimum absolute atomic E-state index is 0.0461. The molecule has 1 saturated heterocycles. The number of ether oxygens (including phenoxy) is 1. The molecule has 2 rings (SSSR count). The molecule has 0 aliphatic carbocycles. The van der Waals surface area contributed by atoms with Crippen LogP contribution in [0.15, 0.2) is 0 Å². The van der Waals surface area contributed by atoms with Crippen molar-refractivity contribution in [3.63, 3.8) is 0 Å². The van der Waals surface area contributed by atoms with E-state index in [1.165, 1.54) is 11.5 Å². The Kier molecular flexibility index (Phi) is 4.71. The maximum Gasteiger partial charge on any atom is 0.329 e. The maximum atomic E-state index is 10.4. The highest BCUT2D eigenvalue weighted by Crippen LogP contribution is 2.25. The molecular formula is C12H19N3O3S. The highest BCUT2D eigenvalue weighted by atomic mass is 32.1. The number of anilines is 1. The molecule has 2 heterocycles. The van der Waals surface area contributed by atoms with Crippen molar-refractivity contribution in [1.82, 2.24) is 9.36 Å². The SMILES string of the molecule is CC(C)c1nsc(N2CCC(OCC(=O)O)CC2)n1. The number of aromatic nitrogens is 2. The summed E-state index contributed by atoms with van der Waals surface area (Å²) in [4.78, 5) is 17.2. The third kappa shape index (κ3) is 3.87. The molecule has 0 bridgehead atoms. The van der Waals surface area contributed by atoms with Gasteiger partial charge in [0, 0.05) is 30.5 Å². The van der Waals surface area contributed by atoms with Crippen LogP contribution < -0.4 is 4.90 Å². The van der Waals surface area contributed by atoms with Gasteiger partial charge >= 0.3 is 5.97 Å². The standard InChI is InChI=1S/C12H19N3O3S/c1-8(2)11-13-12(19-14-11)15-5-3-9(4-6-15)18-7-10(16)17/h8-9H,3-7H2,1-2H3,(H,16,17). The molecule has 1 aliphatic heterocycles. The molecule has 1 aromatic heterocycles. The lowest BCUT2D eigenvalue weighted by Gasteiger charge is -2.31.